The number of alkyl halides is 2. The Hall–Kier alpha value is -6.46. The van der Waals surface area contributed by atoms with Crippen LogP contribution in [0.15, 0.2) is 42.7 Å². The maximum absolute atomic E-state index is 14.7. The van der Waals surface area contributed by atoms with E-state index in [1.165, 1.54) is 0 Å². The fourth-order valence-electron chi connectivity index (χ4n) is 10.1. The Labute approximate surface area is 368 Å². The second-order valence-corrected chi connectivity index (χ2v) is 17.4. The lowest BCUT2D eigenvalue weighted by atomic mass is 9.92. The summed E-state index contributed by atoms with van der Waals surface area (Å²) in [6, 6.07) is 7.46. The molecule has 336 valence electrons. The number of piperidine rings is 2. The van der Waals surface area contributed by atoms with E-state index in [9.17, 15) is 37.5 Å². The summed E-state index contributed by atoms with van der Waals surface area (Å²) in [4.78, 5) is 83.5. The Morgan fingerprint density at radius 2 is 1.73 bits per heavy atom. The Morgan fingerprint density at radius 3 is 2.47 bits per heavy atom. The third-order valence-electron chi connectivity index (χ3n) is 13.4. The lowest BCUT2D eigenvalue weighted by molar-refractivity contribution is -0.136. The molecule has 18 heteroatoms. The van der Waals surface area contributed by atoms with E-state index in [0.717, 1.165) is 47.4 Å². The van der Waals surface area contributed by atoms with Crippen LogP contribution in [-0.2, 0) is 45.6 Å². The molecule has 1 unspecified atom stereocenters. The minimum Gasteiger partial charge on any atom is -0.384 e. The monoisotopic (exact) mass is 878 g/mol. The summed E-state index contributed by atoms with van der Waals surface area (Å²) >= 11 is 0. The molecule has 2 N–H and O–H groups in total. The van der Waals surface area contributed by atoms with Crippen LogP contribution in [0.5, 0.6) is 0 Å². The van der Waals surface area contributed by atoms with E-state index in [1.54, 1.807) is 55.3 Å². The number of carbonyl (C=O) groups is 6. The Morgan fingerprint density at radius 1 is 0.922 bits per heavy atom. The first-order valence-corrected chi connectivity index (χ1v) is 22.3. The van der Waals surface area contributed by atoms with Gasteiger partial charge in [0.05, 0.1) is 29.9 Å². The first-order valence-electron chi connectivity index (χ1n) is 22.3. The molecule has 0 radical (unpaired) electrons. The van der Waals surface area contributed by atoms with Crippen LogP contribution >= 0.6 is 0 Å². The summed E-state index contributed by atoms with van der Waals surface area (Å²) in [6.45, 7) is 4.80. The van der Waals surface area contributed by atoms with Crippen molar-refractivity contribution in [3.63, 3.8) is 0 Å². The highest BCUT2D eigenvalue weighted by molar-refractivity contribution is 6.25. The quantitative estimate of drug-likeness (QED) is 0.138. The van der Waals surface area contributed by atoms with Crippen molar-refractivity contribution in [2.45, 2.75) is 103 Å². The number of fused-ring (bicyclic) bond motifs is 3. The highest BCUT2D eigenvalue weighted by Crippen LogP contribution is 2.44. The van der Waals surface area contributed by atoms with Crippen LogP contribution in [0.4, 0.5) is 26.0 Å². The fourth-order valence-corrected chi connectivity index (χ4v) is 10.1. The van der Waals surface area contributed by atoms with Gasteiger partial charge in [0.2, 0.25) is 23.6 Å². The average Bonchev–Trinajstić information content (AvgIpc) is 3.97. The lowest BCUT2D eigenvalue weighted by Crippen LogP contribution is -2.54. The normalized spacial score (nSPS) is 19.0. The number of nitrogens with zero attached hydrogens (tertiary/aromatic N) is 8. The summed E-state index contributed by atoms with van der Waals surface area (Å²) in [5.74, 6) is -1.42. The number of unbranched alkanes of at least 4 members (excludes halogenated alkanes) is 2. The molecule has 64 heavy (non-hydrogen) atoms. The molecule has 5 aliphatic rings. The van der Waals surface area contributed by atoms with Crippen LogP contribution in [0.1, 0.15) is 120 Å². The van der Waals surface area contributed by atoms with Gasteiger partial charge in [-0.3, -0.25) is 48.3 Å². The van der Waals surface area contributed by atoms with Gasteiger partial charge >= 0.3 is 0 Å². The smallest absolute Gasteiger partial charge is 0.264 e. The van der Waals surface area contributed by atoms with Crippen molar-refractivity contribution in [2.75, 3.05) is 42.9 Å². The number of anilines is 3. The van der Waals surface area contributed by atoms with Crippen LogP contribution in [0.25, 0.3) is 11.1 Å². The Kier molecular flexibility index (Phi) is 11.8. The molecule has 2 saturated heterocycles. The van der Waals surface area contributed by atoms with Gasteiger partial charge in [-0.1, -0.05) is 12.5 Å². The van der Waals surface area contributed by atoms with E-state index in [0.29, 0.717) is 99.7 Å². The summed E-state index contributed by atoms with van der Waals surface area (Å²) < 4.78 is 33.1. The molecule has 0 spiro atoms. The van der Waals surface area contributed by atoms with Crippen LogP contribution in [0.2, 0.25) is 0 Å². The zero-order valence-electron chi connectivity index (χ0n) is 36.1. The number of carbonyl (C=O) groups excluding carboxylic acids is 6. The van der Waals surface area contributed by atoms with Crippen LogP contribution < -0.4 is 15.5 Å². The predicted octanol–water partition coefficient (Wildman–Crippen LogP) is 5.45. The summed E-state index contributed by atoms with van der Waals surface area (Å²) in [5.41, 5.74) is 5.69. The summed E-state index contributed by atoms with van der Waals surface area (Å²) in [6.07, 6.45) is 6.98. The molecule has 2 aromatic carbocycles. The van der Waals surface area contributed by atoms with Crippen molar-refractivity contribution >= 4 is 52.6 Å². The molecular formula is C46H52F2N10O6. The SMILES string of the molecule is CC(=O)N1CCc2c(c(N3CCCc4cc(-c5cnn(C)c5)c(C(F)F)cc43)nn2C2CCN(C(=O)CCCCCNc3cccc4c3C(=O)N(C3CCC(=O)NC3=O)C4=O)CC2)C1. The number of hydrogen-bond donors (Lipinski definition) is 2. The topological polar surface area (TPSA) is 175 Å². The van der Waals surface area contributed by atoms with E-state index in [4.69, 9.17) is 5.10 Å². The van der Waals surface area contributed by atoms with Crippen molar-refractivity contribution in [3.05, 3.63) is 76.2 Å². The van der Waals surface area contributed by atoms with Gasteiger partial charge in [-0.15, -0.1) is 0 Å². The maximum Gasteiger partial charge on any atom is 0.264 e. The van der Waals surface area contributed by atoms with Gasteiger partial charge in [-0.2, -0.15) is 10.2 Å². The Bertz CT molecular complexity index is 2540. The highest BCUT2D eigenvalue weighted by Gasteiger charge is 2.45. The van der Waals surface area contributed by atoms with Gasteiger partial charge in [0.1, 0.15) is 6.04 Å². The van der Waals surface area contributed by atoms with E-state index >= 15 is 0 Å². The van der Waals surface area contributed by atoms with Crippen molar-refractivity contribution in [3.8, 4) is 11.1 Å². The van der Waals surface area contributed by atoms with Gasteiger partial charge in [0.25, 0.3) is 18.2 Å². The van der Waals surface area contributed by atoms with E-state index < -0.39 is 36.1 Å². The number of halogens is 2. The second-order valence-electron chi connectivity index (χ2n) is 17.4. The Balaban J connectivity index is 0.815. The first kappa shape index (κ1) is 42.8. The molecular weight excluding hydrogens is 827 g/mol. The van der Waals surface area contributed by atoms with E-state index in [2.05, 4.69) is 25.3 Å². The molecule has 6 amide bonds. The molecule has 5 aliphatic heterocycles. The van der Waals surface area contributed by atoms with Gasteiger partial charge < -0.3 is 20.0 Å². The largest absolute Gasteiger partial charge is 0.384 e. The number of amides is 6. The molecule has 2 fully saturated rings. The number of imide groups is 2. The summed E-state index contributed by atoms with van der Waals surface area (Å²) in [7, 11) is 1.76. The second kappa shape index (κ2) is 17.6. The van der Waals surface area contributed by atoms with E-state index in [-0.39, 0.29) is 47.4 Å². The minimum atomic E-state index is -2.69. The number of rotatable bonds is 12. The van der Waals surface area contributed by atoms with E-state index in [1.807, 2.05) is 15.9 Å². The number of nitrogens with one attached hydrogen (secondary N) is 2. The van der Waals surface area contributed by atoms with Crippen molar-refractivity contribution < 1.29 is 37.5 Å². The molecule has 9 rings (SSSR count). The molecule has 0 bridgehead atoms. The molecule has 1 atom stereocenters. The maximum atomic E-state index is 14.7. The minimum absolute atomic E-state index is 0.0267. The number of aromatic nitrogens is 4. The zero-order valence-corrected chi connectivity index (χ0v) is 36.1. The fraction of sp³-hybridized carbons (Fsp3) is 0.478. The van der Waals surface area contributed by atoms with Crippen molar-refractivity contribution in [2.24, 2.45) is 7.05 Å². The van der Waals surface area contributed by atoms with Crippen LogP contribution in [0.3, 0.4) is 0 Å². The molecule has 0 saturated carbocycles. The van der Waals surface area contributed by atoms with Crippen LogP contribution in [-0.4, -0.2) is 108 Å². The first-order chi connectivity index (χ1) is 30.9. The number of likely N-dealkylation sites (tertiary alicyclic amines) is 1. The molecule has 0 aliphatic carbocycles. The zero-order chi connectivity index (χ0) is 44.8. The van der Waals surface area contributed by atoms with Gasteiger partial charge in [-0.25, -0.2) is 8.78 Å². The molecule has 16 nitrogen and oxygen atoms in total. The van der Waals surface area contributed by atoms with Gasteiger partial charge in [-0.05, 0) is 80.3 Å². The third-order valence-corrected chi connectivity index (χ3v) is 13.4. The number of benzene rings is 2. The standard InChI is InChI=1S/C46H52F2N10O6/c1-27(59)55-21-16-36-34(26-55)43(56-18-7-8-28-22-32(29-24-50-53(2)25-29)33(42(47)48)23-38(28)56)52-58(36)30-14-19-54(20-15-30)40(61)11-4-3-5-17-49-35-10-6-9-31-41(35)46(64)57(45(31)63)37-12-13-39(60)51-44(37)62/h6,9-10,22-25,30,37,42,49H,3-5,7-8,11-21,26H2,1-2H3,(H,51,60,62). The highest BCUT2D eigenvalue weighted by atomic mass is 19.3. The van der Waals surface area contributed by atoms with Gasteiger partial charge in [0.15, 0.2) is 5.82 Å². The van der Waals surface area contributed by atoms with Crippen molar-refractivity contribution in [1.29, 1.82) is 0 Å². The van der Waals surface area contributed by atoms with Gasteiger partial charge in [0, 0.05) is 106 Å². The third kappa shape index (κ3) is 8.02. The van der Waals surface area contributed by atoms with Crippen LogP contribution in [0, 0.1) is 0 Å². The van der Waals surface area contributed by atoms with Crippen molar-refractivity contribution in [1.82, 2.24) is 39.6 Å². The number of hydrogen-bond acceptors (Lipinski definition) is 10. The average molecular weight is 879 g/mol. The molecule has 4 aromatic rings. The predicted molar refractivity (Wildman–Crippen MR) is 231 cm³/mol. The lowest BCUT2D eigenvalue weighted by Gasteiger charge is -2.34. The molecule has 7 heterocycles. The summed E-state index contributed by atoms with van der Waals surface area (Å²) in [5, 5.41) is 15.0. The number of aryl methyl sites for hydroxylation is 2. The molecule has 2 aromatic heterocycles.